The van der Waals surface area contributed by atoms with Crippen LogP contribution in [-0.2, 0) is 19.6 Å². The van der Waals surface area contributed by atoms with E-state index < -0.39 is 44.1 Å². The molecule has 1 aliphatic heterocycles. The number of para-hydroxylation sites is 2. The van der Waals surface area contributed by atoms with E-state index in [-0.39, 0.29) is 18.1 Å². The second kappa shape index (κ2) is 8.08. The molecule has 0 radical (unpaired) electrons. The van der Waals surface area contributed by atoms with Crippen molar-refractivity contribution in [1.82, 2.24) is 0 Å². The van der Waals surface area contributed by atoms with Crippen LogP contribution in [0, 0.1) is 10.1 Å². The van der Waals surface area contributed by atoms with Gasteiger partial charge in [-0.05, 0) is 31.2 Å². The van der Waals surface area contributed by atoms with Gasteiger partial charge in [0.15, 0.2) is 12.4 Å². The molecule has 0 spiro atoms. The maximum Gasteiger partial charge on any atom is 0.312 e. The van der Waals surface area contributed by atoms with Crippen LogP contribution in [0.25, 0.3) is 0 Å². The Kier molecular flexibility index (Phi) is 5.71. The average Bonchev–Trinajstić information content (AvgIpc) is 2.79. The molecule has 12 heteroatoms. The first-order chi connectivity index (χ1) is 14.1. The van der Waals surface area contributed by atoms with E-state index in [2.05, 4.69) is 5.32 Å². The van der Waals surface area contributed by atoms with Crippen LogP contribution < -0.4 is 20.1 Å². The molecule has 11 nitrogen and oxygen atoms in total. The summed E-state index contributed by atoms with van der Waals surface area (Å²) in [6, 6.07) is 9.14. The molecule has 1 heterocycles. The molecule has 0 aliphatic carbocycles. The molecule has 0 fully saturated rings. The highest BCUT2D eigenvalue weighted by atomic mass is 32.2. The fourth-order valence-corrected chi connectivity index (χ4v) is 3.65. The summed E-state index contributed by atoms with van der Waals surface area (Å²) in [5.41, 5.74) is 0.294. The Morgan fingerprint density at radius 1 is 1.33 bits per heavy atom. The van der Waals surface area contributed by atoms with E-state index in [1.54, 1.807) is 31.2 Å². The highest BCUT2D eigenvalue weighted by Gasteiger charge is 2.30. The van der Waals surface area contributed by atoms with E-state index in [0.717, 1.165) is 18.2 Å². The van der Waals surface area contributed by atoms with Crippen molar-refractivity contribution in [2.75, 3.05) is 16.8 Å². The number of nitro groups is 1. The first-order valence-corrected chi connectivity index (χ1v) is 10.3. The zero-order valence-electron chi connectivity index (χ0n) is 15.8. The molecular formula is C18H18N4O7S. The number of fused-ring (bicyclic) bond motifs is 1. The number of benzene rings is 2. The third-order valence-electron chi connectivity index (χ3n) is 4.43. The first kappa shape index (κ1) is 21.2. The van der Waals surface area contributed by atoms with E-state index in [4.69, 9.17) is 9.88 Å². The van der Waals surface area contributed by atoms with Crippen molar-refractivity contribution < 1.29 is 27.7 Å². The largest absolute Gasteiger partial charge is 0.477 e. The van der Waals surface area contributed by atoms with E-state index in [9.17, 15) is 28.1 Å². The van der Waals surface area contributed by atoms with Gasteiger partial charge in [0, 0.05) is 18.5 Å². The maximum atomic E-state index is 12.9. The minimum Gasteiger partial charge on any atom is -0.477 e. The van der Waals surface area contributed by atoms with E-state index in [0.29, 0.717) is 11.4 Å². The number of nitro benzene ring substituents is 1. The molecule has 3 N–H and O–H groups in total. The van der Waals surface area contributed by atoms with Crippen LogP contribution in [0.15, 0.2) is 47.4 Å². The third-order valence-corrected chi connectivity index (χ3v) is 5.35. The number of sulfonamides is 1. The number of amides is 2. The van der Waals surface area contributed by atoms with Crippen molar-refractivity contribution in [3.63, 3.8) is 0 Å². The van der Waals surface area contributed by atoms with Crippen molar-refractivity contribution in [3.05, 3.63) is 52.6 Å². The highest BCUT2D eigenvalue weighted by molar-refractivity contribution is 7.89. The molecule has 0 unspecified atom stereocenters. The van der Waals surface area contributed by atoms with Crippen LogP contribution in [0.5, 0.6) is 5.75 Å². The number of nitrogens with zero attached hydrogens (tertiary/aromatic N) is 2. The predicted molar refractivity (Wildman–Crippen MR) is 107 cm³/mol. The Morgan fingerprint density at radius 3 is 2.70 bits per heavy atom. The number of carbonyl (C=O) groups is 2. The highest BCUT2D eigenvalue weighted by Crippen LogP contribution is 2.32. The fraction of sp³-hybridized carbons (Fsp3) is 0.222. The number of ether oxygens (including phenoxy) is 1. The van der Waals surface area contributed by atoms with Crippen LogP contribution >= 0.6 is 0 Å². The molecule has 0 aromatic heterocycles. The maximum absolute atomic E-state index is 12.9. The summed E-state index contributed by atoms with van der Waals surface area (Å²) in [5, 5.41) is 19.0. The van der Waals surface area contributed by atoms with Gasteiger partial charge in [0.05, 0.1) is 21.2 Å². The van der Waals surface area contributed by atoms with Crippen LogP contribution in [0.3, 0.4) is 0 Å². The molecule has 0 bridgehead atoms. The van der Waals surface area contributed by atoms with Gasteiger partial charge in [-0.3, -0.25) is 19.7 Å². The molecule has 2 aromatic carbocycles. The lowest BCUT2D eigenvalue weighted by molar-refractivity contribution is -0.386. The van der Waals surface area contributed by atoms with Crippen LogP contribution in [0.1, 0.15) is 13.3 Å². The normalized spacial score (nSPS) is 16.3. The molecular weight excluding hydrogens is 416 g/mol. The summed E-state index contributed by atoms with van der Waals surface area (Å²) < 4.78 is 28.2. The zero-order chi connectivity index (χ0) is 22.1. The van der Waals surface area contributed by atoms with Crippen molar-refractivity contribution in [3.8, 4) is 5.75 Å². The molecule has 1 atom stereocenters. The molecule has 30 heavy (non-hydrogen) atoms. The summed E-state index contributed by atoms with van der Waals surface area (Å²) in [4.78, 5) is 36.3. The van der Waals surface area contributed by atoms with Crippen molar-refractivity contribution >= 4 is 38.9 Å². The lowest BCUT2D eigenvalue weighted by Gasteiger charge is -2.27. The lowest BCUT2D eigenvalue weighted by Crippen LogP contribution is -2.41. The number of nitrogens with two attached hydrogens (primary N) is 1. The minimum absolute atomic E-state index is 0.0592. The number of hydrogen-bond acceptors (Lipinski definition) is 7. The summed E-state index contributed by atoms with van der Waals surface area (Å²) in [6.07, 6.45) is 0.0592. The van der Waals surface area contributed by atoms with Gasteiger partial charge >= 0.3 is 5.69 Å². The monoisotopic (exact) mass is 434 g/mol. The van der Waals surface area contributed by atoms with E-state index in [1.807, 2.05) is 0 Å². The molecule has 1 aliphatic rings. The topological polar surface area (TPSA) is 162 Å². The molecule has 3 rings (SSSR count). The summed E-state index contributed by atoms with van der Waals surface area (Å²) >= 11 is 0. The standard InChI is InChI=1S/C18H18N4O7S/c1-11-8-17(23)20-13-4-2-3-5-14(13)21(11)18(24)10-29-16-7-6-12(30(19,27)28)9-15(16)22(25)26/h2-7,9,11H,8,10H2,1H3,(H,20,23)(H2,19,27,28)/t11-/m0/s1. The lowest BCUT2D eigenvalue weighted by atomic mass is 10.1. The van der Waals surface area contributed by atoms with Gasteiger partial charge in [0.1, 0.15) is 0 Å². The smallest absolute Gasteiger partial charge is 0.312 e. The van der Waals surface area contributed by atoms with Crippen molar-refractivity contribution in [2.45, 2.75) is 24.3 Å². The molecule has 158 valence electrons. The Morgan fingerprint density at radius 2 is 2.03 bits per heavy atom. The van der Waals surface area contributed by atoms with Gasteiger partial charge in [0.25, 0.3) is 5.91 Å². The van der Waals surface area contributed by atoms with Gasteiger partial charge in [-0.25, -0.2) is 13.6 Å². The zero-order valence-corrected chi connectivity index (χ0v) is 16.6. The van der Waals surface area contributed by atoms with Crippen LogP contribution in [0.2, 0.25) is 0 Å². The van der Waals surface area contributed by atoms with Gasteiger partial charge in [-0.2, -0.15) is 0 Å². The Hall–Kier alpha value is -3.51. The van der Waals surface area contributed by atoms with Crippen LogP contribution in [0.4, 0.5) is 17.1 Å². The Bertz CT molecular complexity index is 1130. The second-order valence-corrected chi connectivity index (χ2v) is 8.16. The fourth-order valence-electron chi connectivity index (χ4n) is 3.12. The Balaban J connectivity index is 1.87. The molecule has 2 amide bonds. The average molecular weight is 434 g/mol. The third kappa shape index (κ3) is 4.39. The summed E-state index contributed by atoms with van der Waals surface area (Å²) in [6.45, 7) is 1.13. The number of rotatable bonds is 5. The van der Waals surface area contributed by atoms with E-state index in [1.165, 1.54) is 4.90 Å². The van der Waals surface area contributed by atoms with E-state index >= 15 is 0 Å². The summed E-state index contributed by atoms with van der Waals surface area (Å²) in [7, 11) is -4.15. The van der Waals surface area contributed by atoms with Gasteiger partial charge in [0.2, 0.25) is 15.9 Å². The van der Waals surface area contributed by atoms with Gasteiger partial charge < -0.3 is 15.0 Å². The minimum atomic E-state index is -4.15. The number of nitrogens with one attached hydrogen (secondary N) is 1. The Labute approximate surface area is 171 Å². The second-order valence-electron chi connectivity index (χ2n) is 6.60. The molecule has 2 aromatic rings. The first-order valence-electron chi connectivity index (χ1n) is 8.73. The molecule has 0 saturated heterocycles. The van der Waals surface area contributed by atoms with Crippen molar-refractivity contribution in [2.24, 2.45) is 5.14 Å². The summed E-state index contributed by atoms with van der Waals surface area (Å²) in [5.74, 6) is -1.07. The number of anilines is 2. The van der Waals surface area contributed by atoms with Crippen molar-refractivity contribution in [1.29, 1.82) is 0 Å². The predicted octanol–water partition coefficient (Wildman–Crippen LogP) is 1.38. The van der Waals surface area contributed by atoms with Gasteiger partial charge in [-0.1, -0.05) is 12.1 Å². The quantitative estimate of drug-likeness (QED) is 0.530. The van der Waals surface area contributed by atoms with Gasteiger partial charge in [-0.15, -0.1) is 0 Å². The molecule has 0 saturated carbocycles. The van der Waals surface area contributed by atoms with Crippen LogP contribution in [-0.4, -0.2) is 37.8 Å². The number of primary sulfonamides is 1. The number of carbonyl (C=O) groups excluding carboxylic acids is 2. The number of hydrogen-bond donors (Lipinski definition) is 2. The SMILES string of the molecule is C[C@H]1CC(=O)Nc2ccccc2N1C(=O)COc1ccc(S(N)(=O)=O)cc1[N+](=O)[O-].